The summed E-state index contributed by atoms with van der Waals surface area (Å²) in [7, 11) is 0. The molecule has 1 aliphatic heterocycles. The second-order valence-electron chi connectivity index (χ2n) is 6.58. The van der Waals surface area contributed by atoms with Crippen molar-refractivity contribution in [2.24, 2.45) is 0 Å². The molecule has 0 aliphatic carbocycles. The Labute approximate surface area is 161 Å². The molecule has 27 heavy (non-hydrogen) atoms. The average molecular weight is 383 g/mol. The van der Waals surface area contributed by atoms with Crippen LogP contribution in [0.3, 0.4) is 0 Å². The molecule has 0 radical (unpaired) electrons. The summed E-state index contributed by atoms with van der Waals surface area (Å²) in [5.74, 6) is -0.218. The van der Waals surface area contributed by atoms with Crippen LogP contribution in [0.4, 0.5) is 0 Å². The molecule has 138 valence electrons. The molecular formula is C21H19ClN2O3. The highest BCUT2D eigenvalue weighted by Crippen LogP contribution is 2.19. The first-order chi connectivity index (χ1) is 13.1. The van der Waals surface area contributed by atoms with E-state index in [2.05, 4.69) is 5.32 Å². The number of carbonyl (C=O) groups excluding carboxylic acids is 1. The second-order valence-corrected chi connectivity index (χ2v) is 7.02. The van der Waals surface area contributed by atoms with Crippen LogP contribution in [0.15, 0.2) is 59.5 Å². The predicted molar refractivity (Wildman–Crippen MR) is 106 cm³/mol. The van der Waals surface area contributed by atoms with Crippen LogP contribution in [0, 0.1) is 0 Å². The highest BCUT2D eigenvalue weighted by molar-refractivity contribution is 6.30. The number of pyridine rings is 1. The van der Waals surface area contributed by atoms with Crippen molar-refractivity contribution in [1.82, 2.24) is 9.88 Å². The Balaban J connectivity index is 1.76. The summed E-state index contributed by atoms with van der Waals surface area (Å²) >= 11 is 5.96. The largest absolute Gasteiger partial charge is 0.376 e. The molecule has 0 saturated carbocycles. The molecule has 0 spiro atoms. The Hall–Kier alpha value is -2.63. The van der Waals surface area contributed by atoms with Gasteiger partial charge in [-0.05, 0) is 43.2 Å². The van der Waals surface area contributed by atoms with Gasteiger partial charge >= 0.3 is 0 Å². The number of halogens is 1. The first kappa shape index (κ1) is 17.8. The van der Waals surface area contributed by atoms with Crippen molar-refractivity contribution < 1.29 is 9.53 Å². The van der Waals surface area contributed by atoms with E-state index in [0.717, 1.165) is 19.4 Å². The molecule has 1 unspecified atom stereocenters. The van der Waals surface area contributed by atoms with E-state index in [1.807, 2.05) is 6.07 Å². The van der Waals surface area contributed by atoms with Gasteiger partial charge in [0.2, 0.25) is 0 Å². The number of hydrogen-bond acceptors (Lipinski definition) is 3. The van der Waals surface area contributed by atoms with Gasteiger partial charge in [-0.15, -0.1) is 0 Å². The van der Waals surface area contributed by atoms with Crippen molar-refractivity contribution in [3.8, 4) is 5.69 Å². The molecule has 0 bridgehead atoms. The lowest BCUT2D eigenvalue weighted by Crippen LogP contribution is -2.33. The third-order valence-electron chi connectivity index (χ3n) is 4.79. The van der Waals surface area contributed by atoms with Crippen molar-refractivity contribution in [1.29, 1.82) is 0 Å². The van der Waals surface area contributed by atoms with Crippen molar-refractivity contribution in [2.75, 3.05) is 13.2 Å². The summed E-state index contributed by atoms with van der Waals surface area (Å²) in [5, 5.41) is 4.66. The molecular weight excluding hydrogens is 364 g/mol. The molecule has 1 aliphatic rings. The van der Waals surface area contributed by atoms with E-state index in [1.54, 1.807) is 48.7 Å². The molecule has 3 aromatic rings. The first-order valence-electron chi connectivity index (χ1n) is 8.93. The molecule has 1 fully saturated rings. The maximum absolute atomic E-state index is 12.9. The molecule has 5 nitrogen and oxygen atoms in total. The summed E-state index contributed by atoms with van der Waals surface area (Å²) in [5.41, 5.74) is 0.935. The van der Waals surface area contributed by atoms with E-state index in [4.69, 9.17) is 16.3 Å². The third kappa shape index (κ3) is 3.61. The highest BCUT2D eigenvalue weighted by atomic mass is 35.5. The number of benzene rings is 2. The second kappa shape index (κ2) is 7.55. The summed E-state index contributed by atoms with van der Waals surface area (Å²) in [6, 6.07) is 14.1. The van der Waals surface area contributed by atoms with Crippen molar-refractivity contribution in [3.63, 3.8) is 0 Å². The molecule has 1 aromatic heterocycles. The summed E-state index contributed by atoms with van der Waals surface area (Å²) in [6.45, 7) is 1.21. The number of ether oxygens (including phenoxy) is 1. The fraction of sp³-hybridized carbons (Fsp3) is 0.238. The van der Waals surface area contributed by atoms with Gasteiger partial charge in [0.25, 0.3) is 11.5 Å². The van der Waals surface area contributed by atoms with Crippen molar-refractivity contribution in [2.45, 2.75) is 18.9 Å². The van der Waals surface area contributed by atoms with Gasteiger partial charge in [0.15, 0.2) is 0 Å². The van der Waals surface area contributed by atoms with Crippen LogP contribution in [0.5, 0.6) is 0 Å². The van der Waals surface area contributed by atoms with Crippen LogP contribution < -0.4 is 10.9 Å². The lowest BCUT2D eigenvalue weighted by Gasteiger charge is -2.14. The monoisotopic (exact) mass is 382 g/mol. The Morgan fingerprint density at radius 2 is 1.89 bits per heavy atom. The van der Waals surface area contributed by atoms with Crippen LogP contribution in [0.25, 0.3) is 16.5 Å². The summed E-state index contributed by atoms with van der Waals surface area (Å²) in [6.07, 6.45) is 3.62. The van der Waals surface area contributed by atoms with Crippen LogP contribution in [0.2, 0.25) is 5.02 Å². The molecule has 1 atom stereocenters. The molecule has 2 heterocycles. The van der Waals surface area contributed by atoms with Gasteiger partial charge in [-0.3, -0.25) is 14.2 Å². The highest BCUT2D eigenvalue weighted by Gasteiger charge is 2.19. The smallest absolute Gasteiger partial charge is 0.262 e. The van der Waals surface area contributed by atoms with E-state index in [9.17, 15) is 9.59 Å². The zero-order valence-corrected chi connectivity index (χ0v) is 15.4. The molecule has 1 saturated heterocycles. The van der Waals surface area contributed by atoms with Crippen LogP contribution in [-0.2, 0) is 4.74 Å². The number of fused-ring (bicyclic) bond motifs is 1. The first-order valence-corrected chi connectivity index (χ1v) is 9.31. The van der Waals surface area contributed by atoms with Crippen LogP contribution in [0.1, 0.15) is 23.2 Å². The number of carbonyl (C=O) groups is 1. The van der Waals surface area contributed by atoms with E-state index >= 15 is 0 Å². The predicted octanol–water partition coefficient (Wildman–Crippen LogP) is 3.55. The fourth-order valence-electron chi connectivity index (χ4n) is 3.37. The quantitative estimate of drug-likeness (QED) is 0.750. The fourth-order valence-corrected chi connectivity index (χ4v) is 3.50. The van der Waals surface area contributed by atoms with Crippen molar-refractivity contribution >= 4 is 28.3 Å². The molecule has 4 rings (SSSR count). The molecule has 1 N–H and O–H groups in total. The average Bonchev–Trinajstić information content (AvgIpc) is 3.21. The van der Waals surface area contributed by atoms with E-state index in [-0.39, 0.29) is 17.6 Å². The van der Waals surface area contributed by atoms with Crippen LogP contribution in [-0.4, -0.2) is 29.7 Å². The van der Waals surface area contributed by atoms with Gasteiger partial charge in [0, 0.05) is 40.8 Å². The standard InChI is InChI=1S/C21H19ClN2O3/c22-14-7-9-15(10-8-14)24-13-19(17-5-1-2-6-18(17)21(24)26)20(25)23-12-16-4-3-11-27-16/h1-2,5-10,13,16H,3-4,11-12H2,(H,23,25). The van der Waals surface area contributed by atoms with Gasteiger partial charge in [0.05, 0.1) is 11.7 Å². The Bertz CT molecular complexity index is 1040. The maximum Gasteiger partial charge on any atom is 0.262 e. The van der Waals surface area contributed by atoms with Gasteiger partial charge in [-0.25, -0.2) is 0 Å². The number of amides is 1. The SMILES string of the molecule is O=C(NCC1CCCO1)c1cn(-c2ccc(Cl)cc2)c(=O)c2ccccc12. The number of nitrogens with one attached hydrogen (secondary N) is 1. The van der Waals surface area contributed by atoms with Crippen LogP contribution >= 0.6 is 11.6 Å². The van der Waals surface area contributed by atoms with Gasteiger partial charge in [-0.2, -0.15) is 0 Å². The Morgan fingerprint density at radius 1 is 1.15 bits per heavy atom. The Kier molecular flexibility index (Phi) is 4.97. The summed E-state index contributed by atoms with van der Waals surface area (Å²) in [4.78, 5) is 25.8. The number of hydrogen-bond donors (Lipinski definition) is 1. The minimum absolute atomic E-state index is 0.0578. The van der Waals surface area contributed by atoms with E-state index in [0.29, 0.717) is 33.6 Å². The van der Waals surface area contributed by atoms with Gasteiger partial charge in [0.1, 0.15) is 0 Å². The third-order valence-corrected chi connectivity index (χ3v) is 5.04. The van der Waals surface area contributed by atoms with Gasteiger partial charge in [-0.1, -0.05) is 29.8 Å². The lowest BCUT2D eigenvalue weighted by atomic mass is 10.1. The van der Waals surface area contributed by atoms with E-state index in [1.165, 1.54) is 4.57 Å². The minimum Gasteiger partial charge on any atom is -0.376 e. The zero-order chi connectivity index (χ0) is 18.8. The number of aromatic nitrogens is 1. The molecule has 1 amide bonds. The topological polar surface area (TPSA) is 60.3 Å². The normalized spacial score (nSPS) is 16.6. The minimum atomic E-state index is -0.218. The lowest BCUT2D eigenvalue weighted by molar-refractivity contribution is 0.0858. The zero-order valence-electron chi connectivity index (χ0n) is 14.7. The summed E-state index contributed by atoms with van der Waals surface area (Å²) < 4.78 is 7.05. The van der Waals surface area contributed by atoms with Crippen molar-refractivity contribution in [3.05, 3.63) is 75.7 Å². The Morgan fingerprint density at radius 3 is 2.59 bits per heavy atom. The van der Waals surface area contributed by atoms with Gasteiger partial charge < -0.3 is 10.1 Å². The number of rotatable bonds is 4. The maximum atomic E-state index is 12.9. The van der Waals surface area contributed by atoms with E-state index < -0.39 is 0 Å². The number of nitrogens with zero attached hydrogens (tertiary/aromatic N) is 1. The molecule has 2 aromatic carbocycles. The molecule has 6 heteroatoms.